The summed E-state index contributed by atoms with van der Waals surface area (Å²) in [6, 6.07) is 29.5. The molecule has 4 aromatic carbocycles. The van der Waals surface area contributed by atoms with Gasteiger partial charge in [0, 0.05) is 11.1 Å². The van der Waals surface area contributed by atoms with Gasteiger partial charge in [-0.3, -0.25) is 4.79 Å². The van der Waals surface area contributed by atoms with E-state index in [0.717, 1.165) is 35.1 Å². The first kappa shape index (κ1) is 18.6. The molecule has 0 aliphatic heterocycles. The fourth-order valence-electron chi connectivity index (χ4n) is 4.37. The predicted octanol–water partition coefficient (Wildman–Crippen LogP) is 7.46. The van der Waals surface area contributed by atoms with Crippen LogP contribution < -0.4 is 0 Å². The Morgan fingerprint density at radius 3 is 1.83 bits per heavy atom. The highest BCUT2D eigenvalue weighted by molar-refractivity contribution is 6.14. The predicted molar refractivity (Wildman–Crippen MR) is 127 cm³/mol. The van der Waals surface area contributed by atoms with Crippen molar-refractivity contribution in [3.05, 3.63) is 107 Å². The van der Waals surface area contributed by atoms with Crippen LogP contribution in [0, 0.1) is 5.92 Å². The van der Waals surface area contributed by atoms with Gasteiger partial charge in [0.2, 0.25) is 0 Å². The van der Waals surface area contributed by atoms with Gasteiger partial charge in [-0.1, -0.05) is 79.7 Å². The summed E-state index contributed by atoms with van der Waals surface area (Å²) in [7, 11) is 0. The van der Waals surface area contributed by atoms with E-state index < -0.39 is 0 Å². The number of benzene rings is 4. The van der Waals surface area contributed by atoms with Gasteiger partial charge in [0.05, 0.1) is 0 Å². The number of carbonyl (C=O) groups is 1. The maximum atomic E-state index is 13.3. The Labute approximate surface area is 177 Å². The zero-order valence-corrected chi connectivity index (χ0v) is 17.1. The second-order valence-corrected chi connectivity index (χ2v) is 8.25. The number of ketones is 1. The van der Waals surface area contributed by atoms with Crippen molar-refractivity contribution < 1.29 is 4.79 Å². The van der Waals surface area contributed by atoms with Gasteiger partial charge in [0.25, 0.3) is 0 Å². The smallest absolute Gasteiger partial charge is 0.185 e. The van der Waals surface area contributed by atoms with E-state index in [1.54, 1.807) is 0 Å². The van der Waals surface area contributed by atoms with Crippen LogP contribution in [0.15, 0.2) is 96.1 Å². The molecule has 30 heavy (non-hydrogen) atoms. The van der Waals surface area contributed by atoms with Crippen LogP contribution in [0.4, 0.5) is 0 Å². The van der Waals surface area contributed by atoms with Crippen molar-refractivity contribution in [2.45, 2.75) is 19.8 Å². The highest BCUT2D eigenvalue weighted by Gasteiger charge is 2.26. The Hall–Kier alpha value is -3.45. The van der Waals surface area contributed by atoms with Gasteiger partial charge >= 0.3 is 0 Å². The molecular weight excluding hydrogens is 364 g/mol. The molecule has 1 heteroatoms. The number of Topliss-reactive ketones (excluding diaryl/α,β-unsaturated/α-hetero) is 1. The summed E-state index contributed by atoms with van der Waals surface area (Å²) < 4.78 is 0. The van der Waals surface area contributed by atoms with Crippen molar-refractivity contribution in [1.82, 2.24) is 0 Å². The van der Waals surface area contributed by atoms with E-state index >= 15 is 0 Å². The minimum atomic E-state index is 0.190. The molecular formula is C29H24O. The lowest BCUT2D eigenvalue weighted by Crippen LogP contribution is -2.19. The van der Waals surface area contributed by atoms with E-state index in [1.807, 2.05) is 0 Å². The quantitative estimate of drug-likeness (QED) is 0.326. The molecule has 1 aliphatic carbocycles. The van der Waals surface area contributed by atoms with Crippen molar-refractivity contribution in [3.8, 4) is 0 Å². The lowest BCUT2D eigenvalue weighted by Gasteiger charge is -2.23. The van der Waals surface area contributed by atoms with Crippen LogP contribution in [-0.4, -0.2) is 5.78 Å². The first-order valence-corrected chi connectivity index (χ1v) is 10.6. The van der Waals surface area contributed by atoms with E-state index in [9.17, 15) is 4.79 Å². The Balaban J connectivity index is 1.50. The number of rotatable bonds is 2. The van der Waals surface area contributed by atoms with Crippen molar-refractivity contribution in [2.75, 3.05) is 0 Å². The summed E-state index contributed by atoms with van der Waals surface area (Å²) in [5.41, 5.74) is 4.02. The third-order valence-corrected chi connectivity index (χ3v) is 6.14. The molecule has 0 bridgehead atoms. The maximum Gasteiger partial charge on any atom is 0.185 e. The second-order valence-electron chi connectivity index (χ2n) is 8.25. The van der Waals surface area contributed by atoms with Gasteiger partial charge in [-0.15, -0.1) is 0 Å². The number of hydrogen-bond acceptors (Lipinski definition) is 1. The molecule has 1 unspecified atom stereocenters. The van der Waals surface area contributed by atoms with Gasteiger partial charge in [0.1, 0.15) is 0 Å². The molecule has 1 aliphatic rings. The molecule has 0 heterocycles. The van der Waals surface area contributed by atoms with Gasteiger partial charge in [-0.05, 0) is 75.7 Å². The lowest BCUT2D eigenvalue weighted by atomic mass is 9.80. The third kappa shape index (κ3) is 3.59. The summed E-state index contributed by atoms with van der Waals surface area (Å²) in [6.45, 7) is 2.16. The second kappa shape index (κ2) is 7.76. The standard InChI is InChI=1S/C29H24O/c1-20-10-13-27(18-21-11-14-23-6-2-4-8-25(23)16-21)29(30)28(20)19-22-12-15-24-7-3-5-9-26(24)17-22/h2-9,11-12,14-20H,10,13H2,1H3. The van der Waals surface area contributed by atoms with Crippen molar-refractivity contribution in [1.29, 1.82) is 0 Å². The van der Waals surface area contributed by atoms with Gasteiger partial charge in [-0.2, -0.15) is 0 Å². The van der Waals surface area contributed by atoms with Crippen LogP contribution in [0.1, 0.15) is 30.9 Å². The molecule has 1 saturated carbocycles. The Kier molecular flexibility index (Phi) is 4.80. The Morgan fingerprint density at radius 1 is 0.700 bits per heavy atom. The highest BCUT2D eigenvalue weighted by Crippen LogP contribution is 2.33. The normalized spacial score (nSPS) is 19.8. The molecule has 0 saturated heterocycles. The molecule has 5 rings (SSSR count). The fourth-order valence-corrected chi connectivity index (χ4v) is 4.37. The minimum absolute atomic E-state index is 0.190. The molecule has 1 fully saturated rings. The van der Waals surface area contributed by atoms with Gasteiger partial charge < -0.3 is 0 Å². The Morgan fingerprint density at radius 2 is 1.23 bits per heavy atom. The average Bonchev–Trinajstić information content (AvgIpc) is 2.78. The van der Waals surface area contributed by atoms with Gasteiger partial charge in [-0.25, -0.2) is 0 Å². The monoisotopic (exact) mass is 388 g/mol. The number of carbonyl (C=O) groups excluding carboxylic acids is 1. The van der Waals surface area contributed by atoms with Crippen LogP contribution >= 0.6 is 0 Å². The first-order chi connectivity index (χ1) is 14.7. The zero-order valence-electron chi connectivity index (χ0n) is 17.1. The van der Waals surface area contributed by atoms with Crippen molar-refractivity contribution in [3.63, 3.8) is 0 Å². The van der Waals surface area contributed by atoms with Crippen LogP contribution in [0.2, 0.25) is 0 Å². The van der Waals surface area contributed by atoms with E-state index in [2.05, 4.69) is 104 Å². The molecule has 1 nitrogen and oxygen atoms in total. The third-order valence-electron chi connectivity index (χ3n) is 6.14. The zero-order chi connectivity index (χ0) is 20.5. The largest absolute Gasteiger partial charge is 0.289 e. The molecule has 0 spiro atoms. The summed E-state index contributed by atoms with van der Waals surface area (Å²) in [5.74, 6) is 0.466. The SMILES string of the molecule is CC1CCC(=Cc2ccc3ccccc3c2)C(=O)C1=Cc1ccc2ccccc2c1. The minimum Gasteiger partial charge on any atom is -0.289 e. The Bertz CT molecular complexity index is 1320. The highest BCUT2D eigenvalue weighted by atomic mass is 16.1. The summed E-state index contributed by atoms with van der Waals surface area (Å²) in [4.78, 5) is 13.3. The molecule has 1 atom stereocenters. The van der Waals surface area contributed by atoms with Crippen molar-refractivity contribution >= 4 is 39.5 Å². The van der Waals surface area contributed by atoms with Crippen LogP contribution in [0.5, 0.6) is 0 Å². The molecule has 0 amide bonds. The van der Waals surface area contributed by atoms with Crippen LogP contribution in [0.25, 0.3) is 33.7 Å². The van der Waals surface area contributed by atoms with E-state index in [4.69, 9.17) is 0 Å². The molecule has 4 aromatic rings. The van der Waals surface area contributed by atoms with E-state index in [1.165, 1.54) is 21.5 Å². The van der Waals surface area contributed by atoms with E-state index in [0.29, 0.717) is 0 Å². The summed E-state index contributed by atoms with van der Waals surface area (Å²) in [5, 5.41) is 4.85. The average molecular weight is 389 g/mol. The summed E-state index contributed by atoms with van der Waals surface area (Å²) in [6.07, 6.45) is 6.01. The van der Waals surface area contributed by atoms with Crippen LogP contribution in [0.3, 0.4) is 0 Å². The van der Waals surface area contributed by atoms with Crippen LogP contribution in [-0.2, 0) is 4.79 Å². The topological polar surface area (TPSA) is 17.1 Å². The lowest BCUT2D eigenvalue weighted by molar-refractivity contribution is -0.113. The summed E-state index contributed by atoms with van der Waals surface area (Å²) >= 11 is 0. The molecule has 0 N–H and O–H groups in total. The first-order valence-electron chi connectivity index (χ1n) is 10.6. The molecule has 0 aromatic heterocycles. The number of hydrogen-bond donors (Lipinski definition) is 0. The molecule has 146 valence electrons. The van der Waals surface area contributed by atoms with Crippen molar-refractivity contribution in [2.24, 2.45) is 5.92 Å². The number of allylic oxidation sites excluding steroid dienone is 2. The number of fused-ring (bicyclic) bond motifs is 2. The van der Waals surface area contributed by atoms with E-state index in [-0.39, 0.29) is 11.7 Å². The maximum absolute atomic E-state index is 13.3. The molecule has 0 radical (unpaired) electrons. The fraction of sp³-hybridized carbons (Fsp3) is 0.138. The van der Waals surface area contributed by atoms with Gasteiger partial charge in [0.15, 0.2) is 5.78 Å².